The zero-order valence-electron chi connectivity index (χ0n) is 14.9. The molecule has 0 aliphatic carbocycles. The zero-order valence-corrected chi connectivity index (χ0v) is 16.4. The number of likely N-dealkylation sites (N-methyl/N-ethyl adjacent to an activating group) is 1. The Hall–Kier alpha value is -1.98. The molecule has 5 nitrogen and oxygen atoms in total. The smallest absolute Gasteiger partial charge is 0.355 e. The van der Waals surface area contributed by atoms with Gasteiger partial charge in [0.15, 0.2) is 0 Å². The second-order valence-corrected chi connectivity index (χ2v) is 7.32. The number of halogens is 2. The molecule has 1 aromatic carbocycles. The molecule has 1 atom stereocenters. The number of rotatable bonds is 3. The molecule has 26 heavy (non-hydrogen) atoms. The lowest BCUT2D eigenvalue weighted by atomic mass is 9.80. The van der Waals surface area contributed by atoms with E-state index in [4.69, 9.17) is 32.7 Å². The van der Waals surface area contributed by atoms with Crippen molar-refractivity contribution in [3.05, 3.63) is 56.3 Å². The topological polar surface area (TPSA) is 55.8 Å². The van der Waals surface area contributed by atoms with E-state index in [1.807, 2.05) is 0 Å². The van der Waals surface area contributed by atoms with Crippen molar-refractivity contribution in [1.29, 1.82) is 0 Å². The fourth-order valence-corrected chi connectivity index (χ4v) is 3.76. The van der Waals surface area contributed by atoms with Crippen LogP contribution in [0.3, 0.4) is 0 Å². The maximum atomic E-state index is 12.9. The highest BCUT2D eigenvalue weighted by molar-refractivity contribution is 6.42. The third-order valence-corrected chi connectivity index (χ3v) is 5.41. The number of cyclic esters (lactones) is 1. The van der Waals surface area contributed by atoms with Gasteiger partial charge in [0.25, 0.3) is 0 Å². The fraction of sp³-hybridized carbons (Fsp3) is 0.368. The Morgan fingerprint density at radius 2 is 2.04 bits per heavy atom. The van der Waals surface area contributed by atoms with Crippen LogP contribution in [0, 0.1) is 0 Å². The predicted molar refractivity (Wildman–Crippen MR) is 98.9 cm³/mol. The molecule has 0 spiro atoms. The Labute approximate surface area is 162 Å². The maximum Gasteiger partial charge on any atom is 0.355 e. The van der Waals surface area contributed by atoms with Crippen LogP contribution >= 0.6 is 23.2 Å². The van der Waals surface area contributed by atoms with Crippen LogP contribution in [0.15, 0.2) is 40.7 Å². The molecular weight excluding hydrogens is 377 g/mol. The van der Waals surface area contributed by atoms with Crippen LogP contribution in [0.1, 0.15) is 32.3 Å². The molecule has 1 aromatic rings. The summed E-state index contributed by atoms with van der Waals surface area (Å²) in [5, 5.41) is 0.724. The summed E-state index contributed by atoms with van der Waals surface area (Å²) in [6.07, 6.45) is -0.277. The summed E-state index contributed by atoms with van der Waals surface area (Å²) in [5.74, 6) is -1.41. The second kappa shape index (κ2) is 6.97. The number of allylic oxidation sites excluding steroid dienone is 1. The number of benzene rings is 1. The first-order valence-electron chi connectivity index (χ1n) is 8.23. The highest BCUT2D eigenvalue weighted by atomic mass is 35.5. The van der Waals surface area contributed by atoms with Crippen molar-refractivity contribution in [2.45, 2.75) is 32.8 Å². The van der Waals surface area contributed by atoms with Gasteiger partial charge in [0.2, 0.25) is 0 Å². The van der Waals surface area contributed by atoms with Crippen LogP contribution in [-0.2, 0) is 19.1 Å². The van der Waals surface area contributed by atoms with Crippen molar-refractivity contribution in [3.63, 3.8) is 0 Å². The van der Waals surface area contributed by atoms with Gasteiger partial charge in [-0.05, 0) is 32.4 Å². The molecule has 138 valence electrons. The van der Waals surface area contributed by atoms with Crippen LogP contribution in [0.25, 0.3) is 0 Å². The number of carbonyl (C=O) groups excluding carboxylic acids is 2. The minimum atomic E-state index is -0.551. The number of hydrogen-bond donors (Lipinski definition) is 0. The van der Waals surface area contributed by atoms with E-state index in [-0.39, 0.29) is 12.7 Å². The first-order valence-corrected chi connectivity index (χ1v) is 8.99. The van der Waals surface area contributed by atoms with Crippen molar-refractivity contribution in [2.75, 3.05) is 13.7 Å². The minimum Gasteiger partial charge on any atom is -0.460 e. The van der Waals surface area contributed by atoms with Crippen LogP contribution < -0.4 is 0 Å². The predicted octanol–water partition coefficient (Wildman–Crippen LogP) is 4.06. The van der Waals surface area contributed by atoms with Gasteiger partial charge in [-0.25, -0.2) is 9.59 Å². The molecule has 2 heterocycles. The molecule has 0 saturated heterocycles. The standard InChI is InChI=1S/C19H19Cl2NO4/c1-9(2)26-18(23)14-10(3)22(4)17-12(8-25-19(17)24)15(14)11-6-5-7-13(20)16(11)21/h5-7,9,15H,8H2,1-4H3. The van der Waals surface area contributed by atoms with E-state index in [1.54, 1.807) is 50.9 Å². The molecule has 7 heteroatoms. The molecule has 0 aromatic heterocycles. The highest BCUT2D eigenvalue weighted by Crippen LogP contribution is 2.47. The molecule has 0 N–H and O–H groups in total. The van der Waals surface area contributed by atoms with E-state index in [9.17, 15) is 9.59 Å². The highest BCUT2D eigenvalue weighted by Gasteiger charge is 2.44. The number of esters is 2. The van der Waals surface area contributed by atoms with Crippen LogP contribution in [0.5, 0.6) is 0 Å². The second-order valence-electron chi connectivity index (χ2n) is 6.54. The molecule has 0 bridgehead atoms. The summed E-state index contributed by atoms with van der Waals surface area (Å²) in [6.45, 7) is 5.44. The van der Waals surface area contributed by atoms with Crippen molar-refractivity contribution in [1.82, 2.24) is 4.90 Å². The SMILES string of the molecule is CC1=C(C(=O)OC(C)C)C(c2cccc(Cl)c2Cl)C2=C(C(=O)OC2)N1C. The summed E-state index contributed by atoms with van der Waals surface area (Å²) in [6, 6.07) is 5.24. The van der Waals surface area contributed by atoms with Crippen LogP contribution in [-0.4, -0.2) is 36.6 Å². The first kappa shape index (κ1) is 18.8. The average Bonchev–Trinajstić information content (AvgIpc) is 2.94. The van der Waals surface area contributed by atoms with Crippen molar-refractivity contribution >= 4 is 35.1 Å². The van der Waals surface area contributed by atoms with Gasteiger partial charge in [-0.15, -0.1) is 0 Å². The van der Waals surface area contributed by atoms with Crippen LogP contribution in [0.4, 0.5) is 0 Å². The minimum absolute atomic E-state index is 0.0950. The molecule has 0 saturated carbocycles. The number of ether oxygens (including phenoxy) is 2. The Morgan fingerprint density at radius 1 is 1.35 bits per heavy atom. The van der Waals surface area contributed by atoms with Gasteiger partial charge in [-0.2, -0.15) is 0 Å². The van der Waals surface area contributed by atoms with Gasteiger partial charge >= 0.3 is 11.9 Å². The van der Waals surface area contributed by atoms with E-state index in [0.717, 1.165) is 0 Å². The van der Waals surface area contributed by atoms with Crippen molar-refractivity contribution in [3.8, 4) is 0 Å². The zero-order chi connectivity index (χ0) is 19.2. The Bertz CT molecular complexity index is 857. The molecule has 3 rings (SSSR count). The van der Waals surface area contributed by atoms with Gasteiger partial charge < -0.3 is 14.4 Å². The van der Waals surface area contributed by atoms with E-state index in [1.165, 1.54) is 0 Å². The summed E-state index contributed by atoms with van der Waals surface area (Å²) < 4.78 is 10.7. The summed E-state index contributed by atoms with van der Waals surface area (Å²) in [5.41, 5.74) is 2.82. The van der Waals surface area contributed by atoms with Gasteiger partial charge in [-0.3, -0.25) is 0 Å². The largest absolute Gasteiger partial charge is 0.460 e. The number of nitrogens with zero attached hydrogens (tertiary/aromatic N) is 1. The summed E-state index contributed by atoms with van der Waals surface area (Å²) in [4.78, 5) is 26.8. The maximum absolute atomic E-state index is 12.9. The molecule has 0 fully saturated rings. The van der Waals surface area contributed by atoms with E-state index < -0.39 is 17.9 Å². The lowest BCUT2D eigenvalue weighted by Crippen LogP contribution is -2.32. The van der Waals surface area contributed by atoms with Crippen LogP contribution in [0.2, 0.25) is 10.0 Å². The van der Waals surface area contributed by atoms with Crippen molar-refractivity contribution < 1.29 is 19.1 Å². The monoisotopic (exact) mass is 395 g/mol. The quantitative estimate of drug-likeness (QED) is 0.722. The number of hydrogen-bond acceptors (Lipinski definition) is 5. The van der Waals surface area contributed by atoms with E-state index in [0.29, 0.717) is 38.1 Å². The molecule has 0 radical (unpaired) electrons. The van der Waals surface area contributed by atoms with Gasteiger partial charge in [0.05, 0.1) is 21.7 Å². The summed E-state index contributed by atoms with van der Waals surface area (Å²) >= 11 is 12.6. The molecule has 2 aliphatic heterocycles. The van der Waals surface area contributed by atoms with Crippen molar-refractivity contribution in [2.24, 2.45) is 0 Å². The summed E-state index contributed by atoms with van der Waals surface area (Å²) in [7, 11) is 1.73. The lowest BCUT2D eigenvalue weighted by Gasteiger charge is -2.33. The fourth-order valence-electron chi connectivity index (χ4n) is 3.34. The van der Waals surface area contributed by atoms with Gasteiger partial charge in [0.1, 0.15) is 12.3 Å². The van der Waals surface area contributed by atoms with E-state index in [2.05, 4.69) is 0 Å². The molecule has 2 aliphatic rings. The molecule has 1 unspecified atom stereocenters. The Balaban J connectivity index is 2.23. The van der Waals surface area contributed by atoms with E-state index >= 15 is 0 Å². The number of carbonyl (C=O) groups is 2. The first-order chi connectivity index (χ1) is 12.2. The average molecular weight is 396 g/mol. The Morgan fingerprint density at radius 3 is 2.69 bits per heavy atom. The third-order valence-electron chi connectivity index (χ3n) is 4.58. The van der Waals surface area contributed by atoms with Gasteiger partial charge in [0, 0.05) is 24.2 Å². The third kappa shape index (κ3) is 2.99. The molecular formula is C19H19Cl2NO4. The molecule has 0 amide bonds. The normalized spacial score (nSPS) is 19.9. The lowest BCUT2D eigenvalue weighted by molar-refractivity contribution is -0.143. The Kier molecular flexibility index (Phi) is 5.04. The van der Waals surface area contributed by atoms with Gasteiger partial charge in [-0.1, -0.05) is 35.3 Å².